The van der Waals surface area contributed by atoms with Crippen LogP contribution in [-0.4, -0.2) is 22.6 Å². The minimum Gasteiger partial charge on any atom is -0.454 e. The summed E-state index contributed by atoms with van der Waals surface area (Å²) in [5, 5.41) is 0. The number of benzene rings is 1. The van der Waals surface area contributed by atoms with Gasteiger partial charge >= 0.3 is 11.7 Å². The lowest BCUT2D eigenvalue weighted by molar-refractivity contribution is -0.143. The maximum atomic E-state index is 12.6. The monoisotopic (exact) mass is 222 g/mol. The summed E-state index contributed by atoms with van der Waals surface area (Å²) in [6.07, 6.45) is -0.315. The topological polar surface area (TPSA) is 62.7 Å². The van der Waals surface area contributed by atoms with Gasteiger partial charge < -0.3 is 10.3 Å². The van der Waals surface area contributed by atoms with E-state index in [1.165, 1.54) is 24.3 Å². The van der Waals surface area contributed by atoms with Crippen molar-refractivity contribution in [3.63, 3.8) is 0 Å². The Labute approximate surface area is 92.3 Å². The van der Waals surface area contributed by atoms with Crippen molar-refractivity contribution in [2.45, 2.75) is 20.0 Å². The number of rotatable bonds is 3. The van der Waals surface area contributed by atoms with E-state index in [9.17, 15) is 9.18 Å². The quantitative estimate of drug-likeness (QED) is 0.339. The number of ether oxygens (including phenoxy) is 1. The van der Waals surface area contributed by atoms with Gasteiger partial charge in [0, 0.05) is 0 Å². The van der Waals surface area contributed by atoms with E-state index in [0.717, 1.165) is 0 Å². The number of hydrogen-bond acceptors (Lipinski definition) is 2. The highest BCUT2D eigenvalue weighted by atomic mass is 19.1. The second-order valence-corrected chi connectivity index (χ2v) is 3.41. The van der Waals surface area contributed by atoms with Crippen LogP contribution in [-0.2, 0) is 9.53 Å². The first kappa shape index (κ1) is 12.1. The average molecular weight is 222 g/mol. The molecule has 1 aromatic rings. The van der Waals surface area contributed by atoms with Gasteiger partial charge in [0.2, 0.25) is 0 Å². The van der Waals surface area contributed by atoms with Crippen LogP contribution >= 0.6 is 0 Å². The maximum Gasteiger partial charge on any atom is 0.422 e. The van der Waals surface area contributed by atoms with E-state index in [1.807, 2.05) is 0 Å². The predicted octanol–water partition coefficient (Wildman–Crippen LogP) is 1.80. The number of nitrogens with zero attached hydrogens (tertiary/aromatic N) is 2. The SMILES string of the molecule is CC(C)OC(=O)C(=[N+]=[N-])c1ccc(F)cc1. The zero-order valence-electron chi connectivity index (χ0n) is 8.98. The van der Waals surface area contributed by atoms with Gasteiger partial charge in [-0.05, 0) is 38.1 Å². The van der Waals surface area contributed by atoms with Gasteiger partial charge in [0.1, 0.15) is 5.82 Å². The highest BCUT2D eigenvalue weighted by Crippen LogP contribution is 2.05. The average Bonchev–Trinajstić information content (AvgIpc) is 2.21. The second-order valence-electron chi connectivity index (χ2n) is 3.41. The number of carbonyl (C=O) groups is 1. The van der Waals surface area contributed by atoms with Crippen molar-refractivity contribution in [3.8, 4) is 0 Å². The Morgan fingerprint density at radius 3 is 2.38 bits per heavy atom. The van der Waals surface area contributed by atoms with E-state index in [-0.39, 0.29) is 11.8 Å². The first-order valence-electron chi connectivity index (χ1n) is 4.73. The van der Waals surface area contributed by atoms with Crippen molar-refractivity contribution >= 4 is 11.7 Å². The highest BCUT2D eigenvalue weighted by Gasteiger charge is 2.25. The number of hydrogen-bond donors (Lipinski definition) is 0. The number of carbonyl (C=O) groups excluding carboxylic acids is 1. The molecule has 0 fully saturated rings. The molecule has 4 nitrogen and oxygen atoms in total. The maximum absolute atomic E-state index is 12.6. The third-order valence-corrected chi connectivity index (χ3v) is 1.75. The van der Waals surface area contributed by atoms with E-state index < -0.39 is 11.8 Å². The molecule has 0 N–H and O–H groups in total. The zero-order chi connectivity index (χ0) is 12.1. The van der Waals surface area contributed by atoms with Crippen molar-refractivity contribution in [2.75, 3.05) is 0 Å². The van der Waals surface area contributed by atoms with E-state index in [2.05, 4.69) is 4.79 Å². The first-order chi connectivity index (χ1) is 7.54. The summed E-state index contributed by atoms with van der Waals surface area (Å²) in [4.78, 5) is 14.3. The van der Waals surface area contributed by atoms with Crippen LogP contribution in [0.3, 0.4) is 0 Å². The lowest BCUT2D eigenvalue weighted by atomic mass is 10.1. The fraction of sp³-hybridized carbons (Fsp3) is 0.273. The van der Waals surface area contributed by atoms with Gasteiger partial charge in [-0.15, -0.1) is 0 Å². The van der Waals surface area contributed by atoms with E-state index in [4.69, 9.17) is 10.3 Å². The Morgan fingerprint density at radius 1 is 1.38 bits per heavy atom. The Bertz CT molecular complexity index is 434. The van der Waals surface area contributed by atoms with Crippen LogP contribution in [0.15, 0.2) is 24.3 Å². The first-order valence-corrected chi connectivity index (χ1v) is 4.73. The molecule has 0 aliphatic carbocycles. The Hall–Kier alpha value is -2.00. The molecule has 0 aromatic heterocycles. The third-order valence-electron chi connectivity index (χ3n) is 1.75. The van der Waals surface area contributed by atoms with Crippen molar-refractivity contribution in [3.05, 3.63) is 41.2 Å². The van der Waals surface area contributed by atoms with Gasteiger partial charge in [0.15, 0.2) is 0 Å². The summed E-state index contributed by atoms with van der Waals surface area (Å²) in [5.41, 5.74) is 8.78. The Kier molecular flexibility index (Phi) is 3.91. The standard InChI is InChI=1S/C11H11FN2O2/c1-7(2)16-11(15)10(14-13)8-3-5-9(12)6-4-8/h3-7H,1-2H3. The molecule has 1 aromatic carbocycles. The molecule has 16 heavy (non-hydrogen) atoms. The van der Waals surface area contributed by atoms with Crippen molar-refractivity contribution < 1.29 is 18.7 Å². The highest BCUT2D eigenvalue weighted by molar-refractivity contribution is 6.40. The molecule has 0 bridgehead atoms. The molecule has 0 unspecified atom stereocenters. The summed E-state index contributed by atoms with van der Waals surface area (Å²) in [5.74, 6) is -1.18. The smallest absolute Gasteiger partial charge is 0.422 e. The Morgan fingerprint density at radius 2 is 1.94 bits per heavy atom. The van der Waals surface area contributed by atoms with Crippen molar-refractivity contribution in [2.24, 2.45) is 0 Å². The summed E-state index contributed by atoms with van der Waals surface area (Å²) in [6, 6.07) is 5.02. The van der Waals surface area contributed by atoms with Gasteiger partial charge in [-0.25, -0.2) is 9.18 Å². The summed E-state index contributed by atoms with van der Waals surface area (Å²) in [7, 11) is 0. The van der Waals surface area contributed by atoms with Crippen LogP contribution in [0.25, 0.3) is 5.53 Å². The van der Waals surface area contributed by atoms with Crippen molar-refractivity contribution in [1.29, 1.82) is 0 Å². The van der Waals surface area contributed by atoms with Crippen LogP contribution in [0.1, 0.15) is 19.4 Å². The molecule has 0 atom stereocenters. The zero-order valence-corrected chi connectivity index (χ0v) is 8.98. The minimum atomic E-state index is -0.746. The Balaban J connectivity index is 2.96. The lowest BCUT2D eigenvalue weighted by Gasteiger charge is -2.04. The lowest BCUT2D eigenvalue weighted by Crippen LogP contribution is -2.23. The normalized spacial score (nSPS) is 9.75. The molecule has 84 valence electrons. The molecular formula is C11H11FN2O2. The predicted molar refractivity (Wildman–Crippen MR) is 55.4 cm³/mol. The molecule has 0 spiro atoms. The number of esters is 1. The largest absolute Gasteiger partial charge is 0.454 e. The minimum absolute atomic E-state index is 0.242. The van der Waals surface area contributed by atoms with Gasteiger partial charge in [0.05, 0.1) is 11.7 Å². The van der Waals surface area contributed by atoms with E-state index in [1.54, 1.807) is 13.8 Å². The summed E-state index contributed by atoms with van der Waals surface area (Å²) < 4.78 is 17.5. The summed E-state index contributed by atoms with van der Waals surface area (Å²) >= 11 is 0. The molecule has 0 saturated carbocycles. The fourth-order valence-corrected chi connectivity index (χ4v) is 1.09. The molecule has 1 rings (SSSR count). The van der Waals surface area contributed by atoms with Crippen LogP contribution < -0.4 is 0 Å². The fourth-order valence-electron chi connectivity index (χ4n) is 1.09. The molecule has 0 saturated heterocycles. The van der Waals surface area contributed by atoms with Gasteiger partial charge in [-0.2, -0.15) is 4.79 Å². The van der Waals surface area contributed by atoms with Gasteiger partial charge in [-0.1, -0.05) is 0 Å². The van der Waals surface area contributed by atoms with Crippen molar-refractivity contribution in [1.82, 2.24) is 0 Å². The molecule has 0 aliphatic heterocycles. The molecule has 0 heterocycles. The molecule has 0 aliphatic rings. The van der Waals surface area contributed by atoms with Crippen LogP contribution in [0.2, 0.25) is 0 Å². The molecule has 0 amide bonds. The summed E-state index contributed by atoms with van der Waals surface area (Å²) in [6.45, 7) is 3.36. The van der Waals surface area contributed by atoms with Gasteiger partial charge in [-0.3, -0.25) is 0 Å². The molecule has 5 heteroatoms. The van der Waals surface area contributed by atoms with Gasteiger partial charge in [0.25, 0.3) is 0 Å². The van der Waals surface area contributed by atoms with Crippen LogP contribution in [0.4, 0.5) is 4.39 Å². The second kappa shape index (κ2) is 5.19. The number of halogens is 1. The van der Waals surface area contributed by atoms with E-state index >= 15 is 0 Å². The van der Waals surface area contributed by atoms with Crippen LogP contribution in [0.5, 0.6) is 0 Å². The third kappa shape index (κ3) is 3.00. The van der Waals surface area contributed by atoms with Crippen LogP contribution in [0, 0.1) is 5.82 Å². The molecule has 0 radical (unpaired) electrons. The molecular weight excluding hydrogens is 211 g/mol. The van der Waals surface area contributed by atoms with E-state index in [0.29, 0.717) is 5.56 Å².